The van der Waals surface area contributed by atoms with E-state index in [1.54, 1.807) is 24.2 Å². The highest BCUT2D eigenvalue weighted by atomic mass is 35.5. The number of benzene rings is 1. The molecule has 0 spiro atoms. The number of carbonyl (C=O) groups is 1. The van der Waals surface area contributed by atoms with Crippen molar-refractivity contribution in [1.82, 2.24) is 14.9 Å². The molecular weight excluding hydrogens is 306 g/mol. The van der Waals surface area contributed by atoms with Gasteiger partial charge >= 0.3 is 0 Å². The van der Waals surface area contributed by atoms with E-state index in [9.17, 15) is 4.79 Å². The second kappa shape index (κ2) is 6.03. The minimum absolute atomic E-state index is 0.0119. The summed E-state index contributed by atoms with van der Waals surface area (Å²) in [6, 6.07) is 7.63. The smallest absolute Gasteiger partial charge is 0.234 e. The van der Waals surface area contributed by atoms with Gasteiger partial charge in [-0.25, -0.2) is 0 Å². The lowest BCUT2D eigenvalue weighted by molar-refractivity contribution is -0.128. The van der Waals surface area contributed by atoms with Crippen molar-refractivity contribution in [2.45, 2.75) is 18.8 Å². The third kappa shape index (κ3) is 3.19. The maximum absolute atomic E-state index is 12.1. The minimum atomic E-state index is 0.0119. The number of aryl methyl sites for hydroxylation is 1. The molecule has 0 saturated carbocycles. The number of thioether (sulfide) groups is 1. The highest BCUT2D eigenvalue weighted by Crippen LogP contribution is 2.39. The Morgan fingerprint density at radius 2 is 2.05 bits per heavy atom. The fourth-order valence-electron chi connectivity index (χ4n) is 2.20. The fourth-order valence-corrected chi connectivity index (χ4v) is 3.52. The summed E-state index contributed by atoms with van der Waals surface area (Å²) >= 11 is 7.55. The summed E-state index contributed by atoms with van der Waals surface area (Å²) in [5, 5.41) is 0.710. The third-order valence-electron chi connectivity index (χ3n) is 3.29. The third-order valence-corrected chi connectivity index (χ3v) is 4.80. The Kier molecular flexibility index (Phi) is 4.12. The Morgan fingerprint density at radius 3 is 2.71 bits per heavy atom. The zero-order valence-corrected chi connectivity index (χ0v) is 13.1. The summed E-state index contributed by atoms with van der Waals surface area (Å²) in [5.41, 5.74) is 2.75. The molecule has 0 aliphatic carbocycles. The van der Waals surface area contributed by atoms with Crippen LogP contribution in [-0.4, -0.2) is 26.5 Å². The van der Waals surface area contributed by atoms with Crippen LogP contribution < -0.4 is 0 Å². The highest BCUT2D eigenvalue weighted by molar-refractivity contribution is 8.00. The summed E-state index contributed by atoms with van der Waals surface area (Å²) in [6.45, 7) is 2.37. The minimum Gasteiger partial charge on any atom is -0.320 e. The maximum atomic E-state index is 12.1. The number of amides is 1. The molecule has 1 atom stereocenters. The van der Waals surface area contributed by atoms with Crippen molar-refractivity contribution < 1.29 is 4.79 Å². The lowest BCUT2D eigenvalue weighted by Gasteiger charge is -2.23. The van der Waals surface area contributed by atoms with Gasteiger partial charge in [-0.15, -0.1) is 11.8 Å². The van der Waals surface area contributed by atoms with Gasteiger partial charge in [-0.2, -0.15) is 0 Å². The largest absolute Gasteiger partial charge is 0.320 e. The van der Waals surface area contributed by atoms with E-state index >= 15 is 0 Å². The molecule has 0 radical (unpaired) electrons. The SMILES string of the molecule is Cc1cnc(CN2C(=O)CSC2c2ccc(Cl)cc2)cn1. The van der Waals surface area contributed by atoms with Crippen LogP contribution in [0.2, 0.25) is 5.02 Å². The topological polar surface area (TPSA) is 46.1 Å². The molecule has 3 rings (SSSR count). The van der Waals surface area contributed by atoms with Crippen molar-refractivity contribution in [1.29, 1.82) is 0 Å². The van der Waals surface area contributed by atoms with Crippen LogP contribution in [0.25, 0.3) is 0 Å². The van der Waals surface area contributed by atoms with E-state index in [0.717, 1.165) is 17.0 Å². The normalized spacial score (nSPS) is 18.3. The molecule has 1 aliphatic heterocycles. The summed E-state index contributed by atoms with van der Waals surface area (Å²) in [7, 11) is 0. The van der Waals surface area contributed by atoms with Crippen molar-refractivity contribution >= 4 is 29.3 Å². The molecule has 1 unspecified atom stereocenters. The van der Waals surface area contributed by atoms with Gasteiger partial charge in [-0.05, 0) is 24.6 Å². The second-order valence-electron chi connectivity index (χ2n) is 4.89. The van der Waals surface area contributed by atoms with Gasteiger partial charge in [0.2, 0.25) is 5.91 Å². The molecule has 1 amide bonds. The predicted octanol–water partition coefficient (Wildman–Crippen LogP) is 3.21. The number of hydrogen-bond acceptors (Lipinski definition) is 4. The first-order chi connectivity index (χ1) is 10.1. The Balaban J connectivity index is 1.82. The van der Waals surface area contributed by atoms with Crippen LogP contribution in [0.4, 0.5) is 0 Å². The first kappa shape index (κ1) is 14.4. The Bertz CT molecular complexity index is 645. The van der Waals surface area contributed by atoms with Crippen LogP contribution in [-0.2, 0) is 11.3 Å². The van der Waals surface area contributed by atoms with Crippen molar-refractivity contribution in [3.8, 4) is 0 Å². The lowest BCUT2D eigenvalue weighted by Crippen LogP contribution is -2.28. The van der Waals surface area contributed by atoms with Gasteiger partial charge in [0.1, 0.15) is 5.37 Å². The van der Waals surface area contributed by atoms with E-state index in [2.05, 4.69) is 9.97 Å². The van der Waals surface area contributed by atoms with Crippen LogP contribution in [0.15, 0.2) is 36.7 Å². The van der Waals surface area contributed by atoms with Crippen LogP contribution in [0.3, 0.4) is 0 Å². The van der Waals surface area contributed by atoms with E-state index in [4.69, 9.17) is 11.6 Å². The number of rotatable bonds is 3. The molecule has 2 heterocycles. The molecule has 0 N–H and O–H groups in total. The van der Waals surface area contributed by atoms with Gasteiger partial charge in [0, 0.05) is 11.2 Å². The Labute approximate surface area is 132 Å². The molecule has 0 bridgehead atoms. The van der Waals surface area contributed by atoms with Crippen molar-refractivity contribution in [2.24, 2.45) is 0 Å². The molecule has 1 saturated heterocycles. The number of halogens is 1. The number of nitrogens with zero attached hydrogens (tertiary/aromatic N) is 3. The molecule has 21 heavy (non-hydrogen) atoms. The van der Waals surface area contributed by atoms with Crippen molar-refractivity contribution in [2.75, 3.05) is 5.75 Å². The first-order valence-electron chi connectivity index (χ1n) is 6.57. The molecular formula is C15H14ClN3OS. The molecule has 2 aromatic rings. The van der Waals surface area contributed by atoms with E-state index in [1.807, 2.05) is 36.1 Å². The van der Waals surface area contributed by atoms with Gasteiger partial charge in [0.25, 0.3) is 0 Å². The predicted molar refractivity (Wildman–Crippen MR) is 84.0 cm³/mol. The van der Waals surface area contributed by atoms with Gasteiger partial charge in [-0.3, -0.25) is 14.8 Å². The van der Waals surface area contributed by atoms with Gasteiger partial charge in [-0.1, -0.05) is 23.7 Å². The van der Waals surface area contributed by atoms with Gasteiger partial charge in [0.05, 0.1) is 29.9 Å². The van der Waals surface area contributed by atoms with Crippen molar-refractivity contribution in [3.05, 3.63) is 58.6 Å². The van der Waals surface area contributed by atoms with Gasteiger partial charge in [0.15, 0.2) is 0 Å². The van der Waals surface area contributed by atoms with E-state index < -0.39 is 0 Å². The Hall–Kier alpha value is -1.59. The summed E-state index contributed by atoms with van der Waals surface area (Å²) < 4.78 is 0. The lowest BCUT2D eigenvalue weighted by atomic mass is 10.2. The molecule has 1 aromatic carbocycles. The van der Waals surface area contributed by atoms with E-state index in [0.29, 0.717) is 17.3 Å². The average Bonchev–Trinajstić information content (AvgIpc) is 2.84. The number of aromatic nitrogens is 2. The monoisotopic (exact) mass is 319 g/mol. The van der Waals surface area contributed by atoms with E-state index in [1.165, 1.54) is 0 Å². The summed E-state index contributed by atoms with van der Waals surface area (Å²) in [4.78, 5) is 22.5. The summed E-state index contributed by atoms with van der Waals surface area (Å²) in [6.07, 6.45) is 3.45. The zero-order chi connectivity index (χ0) is 14.8. The maximum Gasteiger partial charge on any atom is 0.234 e. The average molecular weight is 320 g/mol. The first-order valence-corrected chi connectivity index (χ1v) is 8.00. The molecule has 6 heteroatoms. The van der Waals surface area contributed by atoms with Gasteiger partial charge < -0.3 is 4.90 Å². The van der Waals surface area contributed by atoms with Crippen LogP contribution >= 0.6 is 23.4 Å². The molecule has 1 fully saturated rings. The van der Waals surface area contributed by atoms with Crippen LogP contribution in [0.5, 0.6) is 0 Å². The van der Waals surface area contributed by atoms with Crippen LogP contribution in [0.1, 0.15) is 22.3 Å². The highest BCUT2D eigenvalue weighted by Gasteiger charge is 2.33. The standard InChI is InChI=1S/C15H14ClN3OS/c1-10-6-18-13(7-17-10)8-19-14(20)9-21-15(19)11-2-4-12(16)5-3-11/h2-7,15H,8-9H2,1H3. The molecule has 1 aliphatic rings. The molecule has 108 valence electrons. The van der Waals surface area contributed by atoms with E-state index in [-0.39, 0.29) is 11.3 Å². The number of hydrogen-bond donors (Lipinski definition) is 0. The Morgan fingerprint density at radius 1 is 1.29 bits per heavy atom. The second-order valence-corrected chi connectivity index (χ2v) is 6.39. The zero-order valence-electron chi connectivity index (χ0n) is 11.5. The summed E-state index contributed by atoms with van der Waals surface area (Å²) in [5.74, 6) is 0.620. The van der Waals surface area contributed by atoms with Crippen LogP contribution in [0, 0.1) is 6.92 Å². The van der Waals surface area contributed by atoms with Crippen molar-refractivity contribution in [3.63, 3.8) is 0 Å². The quantitative estimate of drug-likeness (QED) is 0.871. The fraction of sp³-hybridized carbons (Fsp3) is 0.267. The molecule has 1 aromatic heterocycles. The number of carbonyl (C=O) groups excluding carboxylic acids is 1. The molecule has 4 nitrogen and oxygen atoms in total.